The van der Waals surface area contributed by atoms with Crippen molar-refractivity contribution in [3.8, 4) is 0 Å². The zero-order valence-electron chi connectivity index (χ0n) is 10.5. The van der Waals surface area contributed by atoms with E-state index in [1.807, 2.05) is 6.92 Å². The largest absolute Gasteiger partial charge is 0.417 e. The van der Waals surface area contributed by atoms with Gasteiger partial charge in [0.15, 0.2) is 0 Å². The Morgan fingerprint density at radius 3 is 2.58 bits per heavy atom. The van der Waals surface area contributed by atoms with Crippen molar-refractivity contribution in [2.45, 2.75) is 32.0 Å². The number of benzene rings is 1. The van der Waals surface area contributed by atoms with Gasteiger partial charge in [0.2, 0.25) is 0 Å². The van der Waals surface area contributed by atoms with E-state index in [1.54, 1.807) is 0 Å². The van der Waals surface area contributed by atoms with Crippen molar-refractivity contribution in [2.75, 3.05) is 6.54 Å². The number of halogens is 3. The van der Waals surface area contributed by atoms with Crippen LogP contribution in [-0.2, 0) is 6.18 Å². The van der Waals surface area contributed by atoms with E-state index in [1.165, 1.54) is 12.1 Å². The second kappa shape index (κ2) is 6.56. The number of aliphatic hydroxyl groups is 1. The summed E-state index contributed by atoms with van der Waals surface area (Å²) in [5.41, 5.74) is -1.41. The Kier molecular flexibility index (Phi) is 5.35. The highest BCUT2D eigenvalue weighted by molar-refractivity contribution is 5.95. The molecule has 1 rings (SSSR count). The number of hydrogen-bond donors (Lipinski definition) is 2. The average molecular weight is 275 g/mol. The summed E-state index contributed by atoms with van der Waals surface area (Å²) < 4.78 is 38.1. The quantitative estimate of drug-likeness (QED) is 0.867. The van der Waals surface area contributed by atoms with E-state index in [2.05, 4.69) is 5.32 Å². The van der Waals surface area contributed by atoms with E-state index in [4.69, 9.17) is 0 Å². The molecule has 106 valence electrons. The minimum atomic E-state index is -4.57. The van der Waals surface area contributed by atoms with Gasteiger partial charge in [0.05, 0.1) is 17.2 Å². The molecule has 0 aliphatic rings. The van der Waals surface area contributed by atoms with Crippen LogP contribution in [0.3, 0.4) is 0 Å². The van der Waals surface area contributed by atoms with Crippen LogP contribution in [-0.4, -0.2) is 23.7 Å². The third-order valence-electron chi connectivity index (χ3n) is 2.60. The fourth-order valence-electron chi connectivity index (χ4n) is 1.67. The average Bonchev–Trinajstić information content (AvgIpc) is 2.35. The van der Waals surface area contributed by atoms with Crippen LogP contribution >= 0.6 is 0 Å². The Labute approximate surface area is 109 Å². The zero-order chi connectivity index (χ0) is 14.5. The Morgan fingerprint density at radius 1 is 1.37 bits per heavy atom. The summed E-state index contributed by atoms with van der Waals surface area (Å²) in [6, 6.07) is 4.57. The fraction of sp³-hybridized carbons (Fsp3) is 0.462. The van der Waals surface area contributed by atoms with Crippen molar-refractivity contribution in [3.63, 3.8) is 0 Å². The second-order valence-corrected chi connectivity index (χ2v) is 4.20. The van der Waals surface area contributed by atoms with E-state index in [9.17, 15) is 23.1 Å². The highest BCUT2D eigenvalue weighted by Gasteiger charge is 2.34. The second-order valence-electron chi connectivity index (χ2n) is 4.20. The molecule has 6 heteroatoms. The summed E-state index contributed by atoms with van der Waals surface area (Å²) in [4.78, 5) is 11.7. The first-order chi connectivity index (χ1) is 8.86. The normalized spacial score (nSPS) is 13.1. The molecule has 1 atom stereocenters. The van der Waals surface area contributed by atoms with Crippen LogP contribution in [0.1, 0.15) is 35.7 Å². The minimum absolute atomic E-state index is 0.0567. The summed E-state index contributed by atoms with van der Waals surface area (Å²) in [7, 11) is 0. The number of aliphatic hydroxyl groups excluding tert-OH is 1. The number of nitrogens with one attached hydrogen (secondary N) is 1. The Hall–Kier alpha value is -1.56. The highest BCUT2D eigenvalue weighted by Crippen LogP contribution is 2.31. The first-order valence-corrected chi connectivity index (χ1v) is 5.98. The summed E-state index contributed by atoms with van der Waals surface area (Å²) >= 11 is 0. The minimum Gasteiger partial charge on any atom is -0.391 e. The van der Waals surface area contributed by atoms with E-state index in [0.29, 0.717) is 6.42 Å². The number of alkyl halides is 3. The van der Waals surface area contributed by atoms with Crippen molar-refractivity contribution in [3.05, 3.63) is 35.4 Å². The molecule has 0 aromatic heterocycles. The maximum atomic E-state index is 12.7. The third-order valence-corrected chi connectivity index (χ3v) is 2.60. The molecule has 1 aromatic rings. The summed E-state index contributed by atoms with van der Waals surface area (Å²) in [5.74, 6) is -0.830. The van der Waals surface area contributed by atoms with E-state index >= 15 is 0 Å². The number of carbonyl (C=O) groups is 1. The molecule has 3 nitrogen and oxygen atoms in total. The first-order valence-electron chi connectivity index (χ1n) is 5.98. The topological polar surface area (TPSA) is 49.3 Å². The van der Waals surface area contributed by atoms with Gasteiger partial charge < -0.3 is 10.4 Å². The monoisotopic (exact) mass is 275 g/mol. The van der Waals surface area contributed by atoms with E-state index in [-0.39, 0.29) is 6.54 Å². The van der Waals surface area contributed by atoms with Crippen molar-refractivity contribution in [1.29, 1.82) is 0 Å². The molecular weight excluding hydrogens is 259 g/mol. The van der Waals surface area contributed by atoms with Crippen LogP contribution in [0.25, 0.3) is 0 Å². The predicted octanol–water partition coefficient (Wildman–Crippen LogP) is 2.60. The lowest BCUT2D eigenvalue weighted by Gasteiger charge is -2.14. The Morgan fingerprint density at radius 2 is 2.00 bits per heavy atom. The van der Waals surface area contributed by atoms with Crippen LogP contribution in [0.15, 0.2) is 24.3 Å². The van der Waals surface area contributed by atoms with Gasteiger partial charge in [-0.05, 0) is 18.6 Å². The lowest BCUT2D eigenvalue weighted by molar-refractivity contribution is -0.137. The molecule has 19 heavy (non-hydrogen) atoms. The molecule has 1 aromatic carbocycles. The molecule has 0 radical (unpaired) electrons. The van der Waals surface area contributed by atoms with Crippen LogP contribution in [0.2, 0.25) is 0 Å². The van der Waals surface area contributed by atoms with Gasteiger partial charge in [-0.3, -0.25) is 4.79 Å². The van der Waals surface area contributed by atoms with Gasteiger partial charge in [-0.25, -0.2) is 0 Å². The number of amides is 1. The van der Waals surface area contributed by atoms with Gasteiger partial charge in [-0.2, -0.15) is 13.2 Å². The molecule has 0 saturated carbocycles. The van der Waals surface area contributed by atoms with Crippen LogP contribution in [0.4, 0.5) is 13.2 Å². The van der Waals surface area contributed by atoms with Gasteiger partial charge in [0.1, 0.15) is 0 Å². The molecule has 0 saturated heterocycles. The molecule has 0 heterocycles. The first kappa shape index (κ1) is 15.5. The molecule has 1 unspecified atom stereocenters. The Bertz CT molecular complexity index is 432. The lowest BCUT2D eigenvalue weighted by Crippen LogP contribution is -2.33. The van der Waals surface area contributed by atoms with Gasteiger partial charge in [0, 0.05) is 6.54 Å². The maximum absolute atomic E-state index is 12.7. The molecule has 1 amide bonds. The summed E-state index contributed by atoms with van der Waals surface area (Å²) in [6.07, 6.45) is -4.10. The highest BCUT2D eigenvalue weighted by atomic mass is 19.4. The summed E-state index contributed by atoms with van der Waals surface area (Å²) in [5, 5.41) is 11.7. The van der Waals surface area contributed by atoms with Gasteiger partial charge in [-0.15, -0.1) is 0 Å². The molecule has 0 aliphatic heterocycles. The van der Waals surface area contributed by atoms with Crippen molar-refractivity contribution >= 4 is 5.91 Å². The van der Waals surface area contributed by atoms with Crippen molar-refractivity contribution < 1.29 is 23.1 Å². The fourth-order valence-corrected chi connectivity index (χ4v) is 1.67. The van der Waals surface area contributed by atoms with Crippen molar-refractivity contribution in [1.82, 2.24) is 5.32 Å². The predicted molar refractivity (Wildman–Crippen MR) is 64.7 cm³/mol. The van der Waals surface area contributed by atoms with Crippen molar-refractivity contribution in [2.24, 2.45) is 0 Å². The van der Waals surface area contributed by atoms with Crippen LogP contribution in [0, 0.1) is 0 Å². The smallest absolute Gasteiger partial charge is 0.391 e. The summed E-state index contributed by atoms with van der Waals surface area (Å²) in [6.45, 7) is 1.81. The van der Waals surface area contributed by atoms with Gasteiger partial charge in [0.25, 0.3) is 5.91 Å². The molecule has 0 fully saturated rings. The number of rotatable bonds is 5. The molecule has 0 bridgehead atoms. The maximum Gasteiger partial charge on any atom is 0.417 e. The van der Waals surface area contributed by atoms with Crippen LogP contribution in [0.5, 0.6) is 0 Å². The van der Waals surface area contributed by atoms with Gasteiger partial charge in [-0.1, -0.05) is 25.5 Å². The Balaban J connectivity index is 2.78. The standard InChI is InChI=1S/C13H16F3NO2/c1-2-5-9(18)8-17-12(19)10-6-3-4-7-11(10)13(14,15)16/h3-4,6-7,9,18H,2,5,8H2,1H3,(H,17,19). The lowest BCUT2D eigenvalue weighted by atomic mass is 10.1. The molecule has 0 spiro atoms. The van der Waals surface area contributed by atoms with Crippen LogP contribution < -0.4 is 5.32 Å². The number of hydrogen-bond acceptors (Lipinski definition) is 2. The zero-order valence-corrected chi connectivity index (χ0v) is 10.5. The van der Waals surface area contributed by atoms with E-state index in [0.717, 1.165) is 18.6 Å². The number of carbonyl (C=O) groups excluding carboxylic acids is 1. The van der Waals surface area contributed by atoms with Gasteiger partial charge >= 0.3 is 6.18 Å². The molecule has 0 aliphatic carbocycles. The molecular formula is C13H16F3NO2. The molecule has 2 N–H and O–H groups in total. The SMILES string of the molecule is CCCC(O)CNC(=O)c1ccccc1C(F)(F)F. The van der Waals surface area contributed by atoms with E-state index < -0.39 is 29.3 Å². The third kappa shape index (κ3) is 4.55.